The maximum atomic E-state index is 12.1. The first-order valence-corrected chi connectivity index (χ1v) is 8.04. The highest BCUT2D eigenvalue weighted by atomic mass is 16.6. The molecule has 0 spiro atoms. The van der Waals surface area contributed by atoms with Crippen molar-refractivity contribution in [3.05, 3.63) is 60.2 Å². The molecule has 0 aliphatic carbocycles. The molecule has 0 aliphatic heterocycles. The number of rotatable bonds is 6. The lowest BCUT2D eigenvalue weighted by Gasteiger charge is -2.09. The molecule has 1 aromatic heterocycles. The van der Waals surface area contributed by atoms with Gasteiger partial charge in [0.05, 0.1) is 0 Å². The largest absolute Gasteiger partial charge is 0.484 e. The van der Waals surface area contributed by atoms with Crippen LogP contribution in [0.15, 0.2) is 59.2 Å². The molecule has 1 N–H and O–H groups in total. The average Bonchev–Trinajstić information content (AvgIpc) is 3.09. The van der Waals surface area contributed by atoms with Gasteiger partial charge in [0, 0.05) is 5.56 Å². The van der Waals surface area contributed by atoms with Crippen molar-refractivity contribution in [3.63, 3.8) is 0 Å². The van der Waals surface area contributed by atoms with Crippen LogP contribution in [-0.4, -0.2) is 22.8 Å². The quantitative estimate of drug-likeness (QED) is 0.738. The number of nitrogens with one attached hydrogen (secondary N) is 1. The fourth-order valence-corrected chi connectivity index (χ4v) is 2.32. The van der Waals surface area contributed by atoms with Gasteiger partial charge in [-0.2, -0.15) is 0 Å². The highest BCUT2D eigenvalue weighted by Crippen LogP contribution is 2.24. The number of aromatic nitrogens is 2. The molecule has 0 unspecified atom stereocenters. The van der Waals surface area contributed by atoms with Gasteiger partial charge in [-0.3, -0.25) is 4.79 Å². The Morgan fingerprint density at radius 3 is 2.48 bits per heavy atom. The molecule has 25 heavy (non-hydrogen) atoms. The van der Waals surface area contributed by atoms with Crippen LogP contribution in [0.1, 0.15) is 25.3 Å². The summed E-state index contributed by atoms with van der Waals surface area (Å²) in [5, 5.41) is 10.2. The molecule has 1 amide bonds. The highest BCUT2D eigenvalue weighted by Gasteiger charge is 2.15. The lowest BCUT2D eigenvalue weighted by atomic mass is 10.0. The number of amides is 1. The molecule has 6 nitrogen and oxygen atoms in total. The molecule has 0 aliphatic rings. The van der Waals surface area contributed by atoms with Gasteiger partial charge in [0.2, 0.25) is 5.82 Å². The van der Waals surface area contributed by atoms with Crippen LogP contribution in [0.4, 0.5) is 5.82 Å². The second-order valence-electron chi connectivity index (χ2n) is 5.89. The van der Waals surface area contributed by atoms with E-state index in [-0.39, 0.29) is 18.3 Å². The van der Waals surface area contributed by atoms with Gasteiger partial charge >= 0.3 is 0 Å². The van der Waals surface area contributed by atoms with E-state index in [9.17, 15) is 4.79 Å². The summed E-state index contributed by atoms with van der Waals surface area (Å²) in [6.45, 7) is 4.13. The van der Waals surface area contributed by atoms with Crippen LogP contribution >= 0.6 is 0 Å². The normalized spacial score (nSPS) is 10.7. The van der Waals surface area contributed by atoms with Crippen LogP contribution in [0, 0.1) is 0 Å². The van der Waals surface area contributed by atoms with Crippen molar-refractivity contribution in [2.75, 3.05) is 11.9 Å². The van der Waals surface area contributed by atoms with Crippen LogP contribution in [0.25, 0.3) is 11.3 Å². The third-order valence-corrected chi connectivity index (χ3v) is 3.71. The Morgan fingerprint density at radius 1 is 1.08 bits per heavy atom. The van der Waals surface area contributed by atoms with Crippen molar-refractivity contribution in [2.24, 2.45) is 0 Å². The summed E-state index contributed by atoms with van der Waals surface area (Å²) in [7, 11) is 0. The fourth-order valence-electron chi connectivity index (χ4n) is 2.32. The minimum atomic E-state index is -0.333. The van der Waals surface area contributed by atoms with Crippen molar-refractivity contribution >= 4 is 11.7 Å². The zero-order valence-electron chi connectivity index (χ0n) is 14.1. The van der Waals surface area contributed by atoms with E-state index in [1.54, 1.807) is 0 Å². The molecule has 3 rings (SSSR count). The van der Waals surface area contributed by atoms with Crippen LogP contribution < -0.4 is 10.1 Å². The van der Waals surface area contributed by atoms with Gasteiger partial charge in [0.15, 0.2) is 12.3 Å². The minimum absolute atomic E-state index is 0.123. The van der Waals surface area contributed by atoms with E-state index in [1.165, 1.54) is 5.56 Å². The average molecular weight is 337 g/mol. The van der Waals surface area contributed by atoms with Gasteiger partial charge in [-0.15, -0.1) is 0 Å². The summed E-state index contributed by atoms with van der Waals surface area (Å²) >= 11 is 0. The molecule has 6 heteroatoms. The Labute approximate surface area is 145 Å². The Hall–Kier alpha value is -3.15. The topological polar surface area (TPSA) is 77.2 Å². The fraction of sp³-hybridized carbons (Fsp3) is 0.211. The summed E-state index contributed by atoms with van der Waals surface area (Å²) in [6, 6.07) is 17.1. The number of carbonyl (C=O) groups excluding carboxylic acids is 1. The Morgan fingerprint density at radius 2 is 1.80 bits per heavy atom. The molecule has 0 fully saturated rings. The van der Waals surface area contributed by atoms with E-state index in [4.69, 9.17) is 9.37 Å². The summed E-state index contributed by atoms with van der Waals surface area (Å²) in [6.07, 6.45) is 0. The van der Waals surface area contributed by atoms with E-state index in [0.717, 1.165) is 5.56 Å². The maximum Gasteiger partial charge on any atom is 0.263 e. The zero-order chi connectivity index (χ0) is 17.6. The Balaban J connectivity index is 1.59. The van der Waals surface area contributed by atoms with Gasteiger partial charge in [-0.1, -0.05) is 56.3 Å². The van der Waals surface area contributed by atoms with Gasteiger partial charge in [-0.05, 0) is 33.9 Å². The molecule has 0 radical (unpaired) electrons. The van der Waals surface area contributed by atoms with Crippen molar-refractivity contribution in [3.8, 4) is 17.0 Å². The van der Waals surface area contributed by atoms with Gasteiger partial charge in [-0.25, -0.2) is 4.63 Å². The van der Waals surface area contributed by atoms with Gasteiger partial charge < -0.3 is 10.1 Å². The van der Waals surface area contributed by atoms with Crippen molar-refractivity contribution in [1.29, 1.82) is 0 Å². The Bertz CT molecular complexity index is 827. The predicted octanol–water partition coefficient (Wildman–Crippen LogP) is 3.88. The van der Waals surface area contributed by atoms with Crippen molar-refractivity contribution < 1.29 is 14.2 Å². The molecule has 0 saturated carbocycles. The molecule has 3 aromatic rings. The smallest absolute Gasteiger partial charge is 0.263 e. The third kappa shape index (κ3) is 4.23. The van der Waals surface area contributed by atoms with Crippen LogP contribution in [-0.2, 0) is 4.79 Å². The van der Waals surface area contributed by atoms with Crippen molar-refractivity contribution in [1.82, 2.24) is 10.3 Å². The summed E-state index contributed by atoms with van der Waals surface area (Å²) in [4.78, 5) is 12.1. The molecular formula is C19H19N3O3. The summed E-state index contributed by atoms with van der Waals surface area (Å²) in [5.74, 6) is 1.03. The van der Waals surface area contributed by atoms with Gasteiger partial charge in [0.1, 0.15) is 5.75 Å². The monoisotopic (exact) mass is 337 g/mol. The zero-order valence-corrected chi connectivity index (χ0v) is 14.1. The summed E-state index contributed by atoms with van der Waals surface area (Å²) in [5.41, 5.74) is 2.51. The first kappa shape index (κ1) is 16.7. The summed E-state index contributed by atoms with van der Waals surface area (Å²) < 4.78 is 10.2. The lowest BCUT2D eigenvalue weighted by Crippen LogP contribution is -2.20. The van der Waals surface area contributed by atoms with Gasteiger partial charge in [0.25, 0.3) is 5.91 Å². The van der Waals surface area contributed by atoms with E-state index in [2.05, 4.69) is 29.5 Å². The number of nitrogens with zero attached hydrogens (tertiary/aromatic N) is 2. The van der Waals surface area contributed by atoms with E-state index in [1.807, 2.05) is 54.6 Å². The number of ether oxygens (including phenoxy) is 1. The number of benzene rings is 2. The Kier molecular flexibility index (Phi) is 5.09. The number of carbonyl (C=O) groups is 1. The molecule has 128 valence electrons. The number of hydrogen-bond acceptors (Lipinski definition) is 5. The second kappa shape index (κ2) is 7.61. The van der Waals surface area contributed by atoms with Crippen molar-refractivity contribution in [2.45, 2.75) is 19.8 Å². The SMILES string of the molecule is CC(C)c1ccc(OCC(=O)Nc2nonc2-c2ccccc2)cc1. The number of hydrogen-bond donors (Lipinski definition) is 1. The maximum absolute atomic E-state index is 12.1. The molecule has 0 saturated heterocycles. The van der Waals surface area contributed by atoms with E-state index >= 15 is 0 Å². The lowest BCUT2D eigenvalue weighted by molar-refractivity contribution is -0.118. The second-order valence-corrected chi connectivity index (χ2v) is 5.89. The molecule has 1 heterocycles. The highest BCUT2D eigenvalue weighted by molar-refractivity contribution is 5.94. The predicted molar refractivity (Wildman–Crippen MR) is 94.4 cm³/mol. The van der Waals surface area contributed by atoms with Crippen LogP contribution in [0.3, 0.4) is 0 Å². The van der Waals surface area contributed by atoms with E-state index in [0.29, 0.717) is 17.4 Å². The van der Waals surface area contributed by atoms with Crippen LogP contribution in [0.5, 0.6) is 5.75 Å². The standard InChI is InChI=1S/C19H19N3O3/c1-13(2)14-8-10-16(11-9-14)24-12-17(23)20-19-18(21-25-22-19)15-6-4-3-5-7-15/h3-11,13H,12H2,1-2H3,(H,20,22,23). The molecule has 0 atom stereocenters. The van der Waals surface area contributed by atoms with Crippen LogP contribution in [0.2, 0.25) is 0 Å². The van der Waals surface area contributed by atoms with E-state index < -0.39 is 0 Å². The first-order chi connectivity index (χ1) is 12.1. The molecular weight excluding hydrogens is 318 g/mol. The minimum Gasteiger partial charge on any atom is -0.484 e. The molecule has 0 bridgehead atoms. The molecule has 2 aromatic carbocycles. The third-order valence-electron chi connectivity index (χ3n) is 3.71. The first-order valence-electron chi connectivity index (χ1n) is 8.04. The number of anilines is 1.